The van der Waals surface area contributed by atoms with Crippen LogP contribution in [0.25, 0.3) is 11.3 Å². The van der Waals surface area contributed by atoms with Crippen LogP contribution in [0.4, 0.5) is 15.8 Å². The molecule has 0 saturated carbocycles. The van der Waals surface area contributed by atoms with Crippen molar-refractivity contribution in [1.29, 1.82) is 0 Å². The fourth-order valence-electron chi connectivity index (χ4n) is 4.27. The van der Waals surface area contributed by atoms with Gasteiger partial charge in [0.25, 0.3) is 5.91 Å². The first kappa shape index (κ1) is 21.8. The zero-order chi connectivity index (χ0) is 23.5. The zero-order valence-electron chi connectivity index (χ0n) is 18.6. The molecule has 1 fully saturated rings. The lowest BCUT2D eigenvalue weighted by Gasteiger charge is -2.34. The molecule has 1 amide bonds. The van der Waals surface area contributed by atoms with Gasteiger partial charge in [-0.3, -0.25) is 9.48 Å². The smallest absolute Gasteiger partial charge is 0.291 e. The lowest BCUT2D eigenvalue weighted by molar-refractivity contribution is 0.101. The van der Waals surface area contributed by atoms with Gasteiger partial charge in [0, 0.05) is 37.1 Å². The second-order valence-electron chi connectivity index (χ2n) is 8.48. The number of aromatic nitrogens is 4. The molecule has 1 aliphatic rings. The molecule has 4 N–H and O–H groups in total. The third kappa shape index (κ3) is 4.69. The highest BCUT2D eigenvalue weighted by Gasteiger charge is 2.23. The zero-order valence-corrected chi connectivity index (χ0v) is 18.6. The van der Waals surface area contributed by atoms with Crippen molar-refractivity contribution in [2.45, 2.75) is 25.4 Å². The minimum Gasteiger partial charge on any atom is -0.366 e. The molecular weight excluding hydrogens is 433 g/mol. The highest BCUT2D eigenvalue weighted by atomic mass is 19.1. The van der Waals surface area contributed by atoms with Gasteiger partial charge in [-0.2, -0.15) is 5.10 Å². The number of nitrogens with zero attached hydrogens (tertiary/aromatic N) is 4. The number of nitrogens with one attached hydrogen (secondary N) is 2. The highest BCUT2D eigenvalue weighted by molar-refractivity contribution is 6.04. The van der Waals surface area contributed by atoms with Crippen molar-refractivity contribution in [2.75, 3.05) is 23.3 Å². The van der Waals surface area contributed by atoms with Gasteiger partial charge in [-0.1, -0.05) is 36.4 Å². The van der Waals surface area contributed by atoms with Gasteiger partial charge in [0.15, 0.2) is 5.82 Å². The number of carbonyl (C=O) groups is 1. The van der Waals surface area contributed by atoms with Crippen LogP contribution in [0, 0.1) is 5.82 Å². The molecule has 5 rings (SSSR count). The Morgan fingerprint density at radius 2 is 2.06 bits per heavy atom. The number of amides is 1. The third-order valence-corrected chi connectivity index (χ3v) is 5.92. The van der Waals surface area contributed by atoms with Gasteiger partial charge >= 0.3 is 0 Å². The molecule has 4 aromatic rings. The number of carbonyl (C=O) groups excluding carboxylic acids is 1. The van der Waals surface area contributed by atoms with E-state index < -0.39 is 11.7 Å². The van der Waals surface area contributed by atoms with Gasteiger partial charge in [0.05, 0.1) is 29.8 Å². The number of hydrogen-bond donors (Lipinski definition) is 3. The van der Waals surface area contributed by atoms with E-state index in [0.717, 1.165) is 24.0 Å². The summed E-state index contributed by atoms with van der Waals surface area (Å²) < 4.78 is 16.6. The van der Waals surface area contributed by atoms with E-state index in [1.807, 2.05) is 46.1 Å². The minimum absolute atomic E-state index is 0.0210. The first-order valence-electron chi connectivity index (χ1n) is 11.3. The molecule has 1 aliphatic heterocycles. The predicted octanol–water partition coefficient (Wildman–Crippen LogP) is 3.64. The van der Waals surface area contributed by atoms with E-state index >= 15 is 0 Å². The SMILES string of the molecule is N[C@@H]1CCCN(c2c(F)cccc2NC(=O)c2nc(-c3cnn(Cc4ccccc4)c3)c[nH]2)C1. The van der Waals surface area contributed by atoms with Gasteiger partial charge < -0.3 is 20.9 Å². The molecule has 3 heterocycles. The van der Waals surface area contributed by atoms with E-state index in [0.29, 0.717) is 36.7 Å². The summed E-state index contributed by atoms with van der Waals surface area (Å²) in [5.74, 6) is -0.703. The number of H-pyrrole nitrogens is 1. The molecule has 8 nitrogen and oxygen atoms in total. The van der Waals surface area contributed by atoms with Gasteiger partial charge in [0.2, 0.25) is 0 Å². The molecule has 2 aromatic heterocycles. The average molecular weight is 460 g/mol. The second-order valence-corrected chi connectivity index (χ2v) is 8.48. The van der Waals surface area contributed by atoms with Crippen molar-refractivity contribution in [3.05, 3.63) is 84.3 Å². The Morgan fingerprint density at radius 3 is 2.88 bits per heavy atom. The Hall–Kier alpha value is -3.98. The lowest BCUT2D eigenvalue weighted by atomic mass is 10.1. The number of benzene rings is 2. The van der Waals surface area contributed by atoms with Crippen molar-refractivity contribution >= 4 is 17.3 Å². The van der Waals surface area contributed by atoms with E-state index in [2.05, 4.69) is 20.4 Å². The maximum absolute atomic E-state index is 14.7. The fraction of sp³-hybridized carbons (Fsp3) is 0.240. The van der Waals surface area contributed by atoms with Crippen LogP contribution in [-0.4, -0.2) is 44.8 Å². The molecular formula is C25H26FN7O. The first-order chi connectivity index (χ1) is 16.6. The van der Waals surface area contributed by atoms with Crippen molar-refractivity contribution in [1.82, 2.24) is 19.7 Å². The van der Waals surface area contributed by atoms with Crippen molar-refractivity contribution < 1.29 is 9.18 Å². The molecule has 1 saturated heterocycles. The van der Waals surface area contributed by atoms with E-state index in [-0.39, 0.29) is 11.9 Å². The summed E-state index contributed by atoms with van der Waals surface area (Å²) in [6, 6.07) is 14.7. The number of aromatic amines is 1. The quantitative estimate of drug-likeness (QED) is 0.408. The molecule has 34 heavy (non-hydrogen) atoms. The number of hydrogen-bond acceptors (Lipinski definition) is 5. The summed E-state index contributed by atoms with van der Waals surface area (Å²) in [5, 5.41) is 7.20. The number of para-hydroxylation sites is 1. The second kappa shape index (κ2) is 9.48. The van der Waals surface area contributed by atoms with Crippen LogP contribution in [0.15, 0.2) is 67.1 Å². The standard InChI is InChI=1S/C25H26FN7O/c26-20-9-4-10-21(23(20)32-11-5-8-19(27)16-32)31-25(34)24-28-13-22(30-24)18-12-29-33(15-18)14-17-6-2-1-3-7-17/h1-4,6-7,9-10,12-13,15,19H,5,8,11,14,16,27H2,(H,28,30)(H,31,34)/t19-/m1/s1. The summed E-state index contributed by atoms with van der Waals surface area (Å²) in [5.41, 5.74) is 9.37. The number of halogens is 1. The molecule has 174 valence electrons. The molecule has 1 atom stereocenters. The van der Waals surface area contributed by atoms with Gasteiger partial charge in [-0.05, 0) is 30.5 Å². The van der Waals surface area contributed by atoms with E-state index in [9.17, 15) is 9.18 Å². The van der Waals surface area contributed by atoms with Crippen LogP contribution >= 0.6 is 0 Å². The van der Waals surface area contributed by atoms with Crippen molar-refractivity contribution in [2.24, 2.45) is 5.73 Å². The molecule has 0 bridgehead atoms. The topological polar surface area (TPSA) is 105 Å². The maximum Gasteiger partial charge on any atom is 0.291 e. The third-order valence-electron chi connectivity index (χ3n) is 5.92. The van der Waals surface area contributed by atoms with Gasteiger partial charge in [0.1, 0.15) is 5.82 Å². The van der Waals surface area contributed by atoms with Crippen LogP contribution in [-0.2, 0) is 6.54 Å². The summed E-state index contributed by atoms with van der Waals surface area (Å²) in [6.45, 7) is 1.87. The monoisotopic (exact) mass is 459 g/mol. The Balaban J connectivity index is 1.31. The van der Waals surface area contributed by atoms with Crippen molar-refractivity contribution in [3.63, 3.8) is 0 Å². The maximum atomic E-state index is 14.7. The molecule has 0 radical (unpaired) electrons. The van der Waals surface area contributed by atoms with Crippen LogP contribution in [0.1, 0.15) is 29.0 Å². The Kier molecular flexibility index (Phi) is 6.09. The minimum atomic E-state index is -0.448. The Morgan fingerprint density at radius 1 is 1.21 bits per heavy atom. The molecule has 0 spiro atoms. The van der Waals surface area contributed by atoms with Gasteiger partial charge in [-0.15, -0.1) is 0 Å². The van der Waals surface area contributed by atoms with Crippen LogP contribution in [0.3, 0.4) is 0 Å². The molecule has 0 unspecified atom stereocenters. The number of piperidine rings is 1. The van der Waals surface area contributed by atoms with Crippen LogP contribution in [0.5, 0.6) is 0 Å². The van der Waals surface area contributed by atoms with Crippen molar-refractivity contribution in [3.8, 4) is 11.3 Å². The number of anilines is 2. The Bertz CT molecular complexity index is 1280. The molecule has 2 aromatic carbocycles. The normalized spacial score (nSPS) is 15.9. The van der Waals surface area contributed by atoms with Crippen LogP contribution < -0.4 is 16.0 Å². The number of imidazole rings is 1. The van der Waals surface area contributed by atoms with Crippen LogP contribution in [0.2, 0.25) is 0 Å². The summed E-state index contributed by atoms with van der Waals surface area (Å²) in [6.07, 6.45) is 7.04. The summed E-state index contributed by atoms with van der Waals surface area (Å²) >= 11 is 0. The number of rotatable bonds is 6. The lowest BCUT2D eigenvalue weighted by Crippen LogP contribution is -2.43. The first-order valence-corrected chi connectivity index (χ1v) is 11.3. The highest BCUT2D eigenvalue weighted by Crippen LogP contribution is 2.31. The number of nitrogens with two attached hydrogens (primary N) is 1. The van der Waals surface area contributed by atoms with Gasteiger partial charge in [-0.25, -0.2) is 9.37 Å². The van der Waals surface area contributed by atoms with E-state index in [4.69, 9.17) is 5.73 Å². The summed E-state index contributed by atoms with van der Waals surface area (Å²) in [4.78, 5) is 22.2. The molecule has 9 heteroatoms. The largest absolute Gasteiger partial charge is 0.366 e. The van der Waals surface area contributed by atoms with E-state index in [1.165, 1.54) is 6.07 Å². The average Bonchev–Trinajstić information content (AvgIpc) is 3.50. The predicted molar refractivity (Wildman–Crippen MR) is 129 cm³/mol. The Labute approximate surface area is 196 Å². The fourth-order valence-corrected chi connectivity index (χ4v) is 4.27. The summed E-state index contributed by atoms with van der Waals surface area (Å²) in [7, 11) is 0. The molecule has 0 aliphatic carbocycles. The van der Waals surface area contributed by atoms with E-state index in [1.54, 1.807) is 24.5 Å².